The Bertz CT molecular complexity index is 677. The maximum Gasteiger partial charge on any atom is 0.252 e. The summed E-state index contributed by atoms with van der Waals surface area (Å²) in [5.74, 6) is -0.186. The molecule has 21 heavy (non-hydrogen) atoms. The summed E-state index contributed by atoms with van der Waals surface area (Å²) in [7, 11) is 1.50. The summed E-state index contributed by atoms with van der Waals surface area (Å²) < 4.78 is 4.81. The van der Waals surface area contributed by atoms with Crippen LogP contribution in [0.2, 0.25) is 0 Å². The molecule has 0 fully saturated rings. The number of aryl methyl sites for hydroxylation is 4. The Morgan fingerprint density at radius 2 is 1.86 bits per heavy atom. The van der Waals surface area contributed by atoms with Crippen molar-refractivity contribution < 1.29 is 9.53 Å². The molecule has 0 bridgehead atoms. The van der Waals surface area contributed by atoms with E-state index in [-0.39, 0.29) is 12.5 Å². The van der Waals surface area contributed by atoms with Crippen LogP contribution in [0.5, 0.6) is 0 Å². The van der Waals surface area contributed by atoms with E-state index in [4.69, 9.17) is 4.74 Å². The summed E-state index contributed by atoms with van der Waals surface area (Å²) in [6.07, 6.45) is 0. The Morgan fingerprint density at radius 3 is 2.52 bits per heavy atom. The molecule has 4 nitrogen and oxygen atoms in total. The fourth-order valence-electron chi connectivity index (χ4n) is 2.20. The van der Waals surface area contributed by atoms with Crippen LogP contribution in [0.25, 0.3) is 11.3 Å². The molecule has 1 aromatic carbocycles. The van der Waals surface area contributed by atoms with Crippen LogP contribution >= 0.6 is 11.3 Å². The number of methoxy groups -OCH3 is 1. The maximum atomic E-state index is 11.6. The second-order valence-corrected chi connectivity index (χ2v) is 6.36. The number of carbonyl (C=O) groups is 1. The van der Waals surface area contributed by atoms with Gasteiger partial charge in [0, 0.05) is 17.6 Å². The number of nitrogens with one attached hydrogen (secondary N) is 1. The van der Waals surface area contributed by atoms with Gasteiger partial charge in [0.1, 0.15) is 6.61 Å². The SMILES string of the molecule is COCC(=O)Nc1nc(-c2cc(C)c(C)cc2C)c(C)s1. The number of hydrogen-bond donors (Lipinski definition) is 1. The van der Waals surface area contributed by atoms with Gasteiger partial charge in [-0.3, -0.25) is 10.1 Å². The zero-order chi connectivity index (χ0) is 15.6. The second-order valence-electron chi connectivity index (χ2n) is 5.16. The Hall–Kier alpha value is -1.72. The van der Waals surface area contributed by atoms with Crippen LogP contribution in [-0.2, 0) is 9.53 Å². The lowest BCUT2D eigenvalue weighted by atomic mass is 9.98. The molecule has 2 aromatic rings. The summed E-state index contributed by atoms with van der Waals surface area (Å²) >= 11 is 1.48. The third kappa shape index (κ3) is 3.49. The van der Waals surface area contributed by atoms with Gasteiger partial charge < -0.3 is 4.74 Å². The molecule has 1 aromatic heterocycles. The average Bonchev–Trinajstić information content (AvgIpc) is 2.74. The first-order valence-electron chi connectivity index (χ1n) is 6.76. The van der Waals surface area contributed by atoms with Crippen LogP contribution in [0.3, 0.4) is 0 Å². The lowest BCUT2D eigenvalue weighted by molar-refractivity contribution is -0.119. The molecule has 1 heterocycles. The fraction of sp³-hybridized carbons (Fsp3) is 0.375. The highest BCUT2D eigenvalue weighted by Gasteiger charge is 2.14. The van der Waals surface area contributed by atoms with E-state index in [1.165, 1.54) is 35.1 Å². The van der Waals surface area contributed by atoms with Gasteiger partial charge in [-0.25, -0.2) is 4.98 Å². The molecule has 0 saturated heterocycles. The van der Waals surface area contributed by atoms with Crippen molar-refractivity contribution in [2.45, 2.75) is 27.7 Å². The van der Waals surface area contributed by atoms with E-state index >= 15 is 0 Å². The summed E-state index contributed by atoms with van der Waals surface area (Å²) in [6, 6.07) is 4.33. The van der Waals surface area contributed by atoms with Crippen molar-refractivity contribution in [3.05, 3.63) is 33.7 Å². The minimum absolute atomic E-state index is 0.0383. The summed E-state index contributed by atoms with van der Waals surface area (Å²) in [5.41, 5.74) is 5.78. The molecule has 0 aliphatic carbocycles. The van der Waals surface area contributed by atoms with E-state index in [2.05, 4.69) is 43.2 Å². The van der Waals surface area contributed by atoms with Crippen molar-refractivity contribution >= 4 is 22.4 Å². The summed E-state index contributed by atoms with van der Waals surface area (Å²) in [6.45, 7) is 8.35. The third-order valence-electron chi connectivity index (χ3n) is 3.41. The van der Waals surface area contributed by atoms with Gasteiger partial charge in [-0.15, -0.1) is 11.3 Å². The highest BCUT2D eigenvalue weighted by Crippen LogP contribution is 2.33. The number of ether oxygens (including phenoxy) is 1. The van der Waals surface area contributed by atoms with E-state index in [9.17, 15) is 4.79 Å². The predicted octanol–water partition coefficient (Wildman–Crippen LogP) is 3.63. The molecule has 0 aliphatic heterocycles. The van der Waals surface area contributed by atoms with Crippen molar-refractivity contribution in [1.82, 2.24) is 4.98 Å². The third-order valence-corrected chi connectivity index (χ3v) is 4.30. The summed E-state index contributed by atoms with van der Waals surface area (Å²) in [4.78, 5) is 17.2. The standard InChI is InChI=1S/C16H20N2O2S/c1-9-6-11(3)13(7-10(9)2)15-12(4)21-16(18-15)17-14(19)8-20-5/h6-7H,8H2,1-5H3,(H,17,18,19). The Labute approximate surface area is 129 Å². The molecule has 0 saturated carbocycles. The Kier molecular flexibility index (Phi) is 4.75. The number of nitrogens with zero attached hydrogens (tertiary/aromatic N) is 1. The van der Waals surface area contributed by atoms with E-state index < -0.39 is 0 Å². The van der Waals surface area contributed by atoms with Crippen molar-refractivity contribution in [3.63, 3.8) is 0 Å². The van der Waals surface area contributed by atoms with Gasteiger partial charge in [0.05, 0.1) is 5.69 Å². The van der Waals surface area contributed by atoms with Crippen LogP contribution < -0.4 is 5.32 Å². The molecule has 5 heteroatoms. The molecular formula is C16H20N2O2S. The van der Waals surface area contributed by atoms with Crippen molar-refractivity contribution in [2.75, 3.05) is 19.0 Å². The molecule has 1 N–H and O–H groups in total. The van der Waals surface area contributed by atoms with Crippen LogP contribution in [0.15, 0.2) is 12.1 Å². The molecule has 0 radical (unpaired) electrons. The minimum atomic E-state index is -0.186. The highest BCUT2D eigenvalue weighted by atomic mass is 32.1. The topological polar surface area (TPSA) is 51.2 Å². The van der Waals surface area contributed by atoms with Crippen molar-refractivity contribution in [2.24, 2.45) is 0 Å². The minimum Gasteiger partial charge on any atom is -0.375 e. The van der Waals surface area contributed by atoms with E-state index in [0.29, 0.717) is 5.13 Å². The zero-order valence-corrected chi connectivity index (χ0v) is 13.9. The largest absolute Gasteiger partial charge is 0.375 e. The second kappa shape index (κ2) is 6.37. The first-order chi connectivity index (χ1) is 9.92. The number of thiazole rings is 1. The zero-order valence-electron chi connectivity index (χ0n) is 13.0. The van der Waals surface area contributed by atoms with Crippen LogP contribution in [0.1, 0.15) is 21.6 Å². The number of amides is 1. The Morgan fingerprint density at radius 1 is 1.19 bits per heavy atom. The van der Waals surface area contributed by atoms with Crippen molar-refractivity contribution in [1.29, 1.82) is 0 Å². The first-order valence-corrected chi connectivity index (χ1v) is 7.58. The normalized spacial score (nSPS) is 10.7. The lowest BCUT2D eigenvalue weighted by Gasteiger charge is -2.08. The van der Waals surface area contributed by atoms with E-state index in [0.717, 1.165) is 16.1 Å². The molecule has 112 valence electrons. The van der Waals surface area contributed by atoms with Crippen LogP contribution in [0.4, 0.5) is 5.13 Å². The van der Waals surface area contributed by atoms with Gasteiger partial charge >= 0.3 is 0 Å². The predicted molar refractivity (Wildman–Crippen MR) is 87.0 cm³/mol. The number of rotatable bonds is 4. The maximum absolute atomic E-state index is 11.6. The Balaban J connectivity index is 2.35. The smallest absolute Gasteiger partial charge is 0.252 e. The van der Waals surface area contributed by atoms with Gasteiger partial charge in [-0.05, 0) is 50.5 Å². The quantitative estimate of drug-likeness (QED) is 0.938. The van der Waals surface area contributed by atoms with E-state index in [1.54, 1.807) is 0 Å². The van der Waals surface area contributed by atoms with Gasteiger partial charge in [0.2, 0.25) is 0 Å². The number of carbonyl (C=O) groups excluding carboxylic acids is 1. The number of anilines is 1. The molecular weight excluding hydrogens is 284 g/mol. The number of hydrogen-bond acceptors (Lipinski definition) is 4. The van der Waals surface area contributed by atoms with Gasteiger partial charge in [0.25, 0.3) is 5.91 Å². The number of benzene rings is 1. The monoisotopic (exact) mass is 304 g/mol. The van der Waals surface area contributed by atoms with E-state index in [1.807, 2.05) is 6.92 Å². The van der Waals surface area contributed by atoms with Crippen LogP contribution in [-0.4, -0.2) is 24.6 Å². The van der Waals surface area contributed by atoms with Crippen LogP contribution in [0, 0.1) is 27.7 Å². The van der Waals surface area contributed by atoms with Gasteiger partial charge in [-0.2, -0.15) is 0 Å². The molecule has 2 rings (SSSR count). The van der Waals surface area contributed by atoms with Crippen molar-refractivity contribution in [3.8, 4) is 11.3 Å². The lowest BCUT2D eigenvalue weighted by Crippen LogP contribution is -2.16. The number of aromatic nitrogens is 1. The fourth-order valence-corrected chi connectivity index (χ4v) is 3.05. The first kappa shape index (κ1) is 15.7. The molecule has 0 unspecified atom stereocenters. The average molecular weight is 304 g/mol. The van der Waals surface area contributed by atoms with Gasteiger partial charge in [0.15, 0.2) is 5.13 Å². The molecule has 1 amide bonds. The highest BCUT2D eigenvalue weighted by molar-refractivity contribution is 7.16. The molecule has 0 spiro atoms. The molecule has 0 aliphatic rings. The summed E-state index contributed by atoms with van der Waals surface area (Å²) in [5, 5.41) is 3.38. The van der Waals surface area contributed by atoms with Gasteiger partial charge in [-0.1, -0.05) is 6.07 Å². The molecule has 0 atom stereocenters.